The first-order chi connectivity index (χ1) is 11.9. The molecule has 0 radical (unpaired) electrons. The van der Waals surface area contributed by atoms with Gasteiger partial charge in [0.15, 0.2) is 11.5 Å². The van der Waals surface area contributed by atoms with Crippen LogP contribution in [0.15, 0.2) is 34.8 Å². The quantitative estimate of drug-likeness (QED) is 0.687. The number of methoxy groups -OCH3 is 1. The van der Waals surface area contributed by atoms with Gasteiger partial charge >= 0.3 is 0 Å². The molecule has 6 heteroatoms. The van der Waals surface area contributed by atoms with E-state index in [0.717, 1.165) is 17.1 Å². The van der Waals surface area contributed by atoms with Crippen molar-refractivity contribution in [2.24, 2.45) is 0 Å². The molecule has 1 aromatic carbocycles. The minimum absolute atomic E-state index is 0.140. The Hall–Kier alpha value is -2.40. The van der Waals surface area contributed by atoms with Crippen molar-refractivity contribution in [3.05, 3.63) is 52.4 Å². The lowest BCUT2D eigenvalue weighted by atomic mass is 10.2. The lowest BCUT2D eigenvalue weighted by molar-refractivity contribution is -0.125. The van der Waals surface area contributed by atoms with Crippen LogP contribution in [-0.4, -0.2) is 31.6 Å². The Labute approximate surface area is 152 Å². The van der Waals surface area contributed by atoms with E-state index in [0.29, 0.717) is 29.7 Å². The zero-order valence-corrected chi connectivity index (χ0v) is 15.6. The van der Waals surface area contributed by atoms with Crippen molar-refractivity contribution in [1.29, 1.82) is 0 Å². The van der Waals surface area contributed by atoms with E-state index in [1.54, 1.807) is 30.2 Å². The van der Waals surface area contributed by atoms with E-state index >= 15 is 0 Å². The Morgan fingerprint density at radius 1 is 1.36 bits per heavy atom. The van der Waals surface area contributed by atoms with Crippen LogP contribution < -0.4 is 9.47 Å². The highest BCUT2D eigenvalue weighted by atomic mass is 35.5. The van der Waals surface area contributed by atoms with Gasteiger partial charge in [-0.3, -0.25) is 4.79 Å². The number of ether oxygens (including phenoxy) is 2. The van der Waals surface area contributed by atoms with Gasteiger partial charge in [-0.1, -0.05) is 11.6 Å². The molecular formula is C19H22ClNO4. The molecule has 0 atom stereocenters. The van der Waals surface area contributed by atoms with Gasteiger partial charge in [0.25, 0.3) is 0 Å². The van der Waals surface area contributed by atoms with Crippen molar-refractivity contribution in [3.63, 3.8) is 0 Å². The predicted octanol–water partition coefficient (Wildman–Crippen LogP) is 4.32. The Bertz CT molecular complexity index is 767. The number of benzene rings is 1. The van der Waals surface area contributed by atoms with Crippen molar-refractivity contribution in [2.45, 2.75) is 20.4 Å². The van der Waals surface area contributed by atoms with E-state index in [9.17, 15) is 4.79 Å². The second-order valence-electron chi connectivity index (χ2n) is 5.51. The molecule has 0 saturated carbocycles. The Morgan fingerprint density at radius 3 is 2.72 bits per heavy atom. The van der Waals surface area contributed by atoms with E-state index in [1.165, 1.54) is 13.2 Å². The number of nitrogens with zero attached hydrogens (tertiary/aromatic N) is 1. The molecule has 25 heavy (non-hydrogen) atoms. The number of hydrogen-bond donors (Lipinski definition) is 0. The molecule has 0 aliphatic rings. The SMILES string of the molecule is CCOc1cc(/C=C/C(=O)N(C)Cc2ccc(C)o2)cc(Cl)c1OC. The van der Waals surface area contributed by atoms with E-state index in [1.807, 2.05) is 26.0 Å². The fraction of sp³-hybridized carbons (Fsp3) is 0.316. The van der Waals surface area contributed by atoms with Gasteiger partial charge in [-0.05, 0) is 49.8 Å². The predicted molar refractivity (Wildman–Crippen MR) is 98.1 cm³/mol. The average molecular weight is 364 g/mol. The van der Waals surface area contributed by atoms with Crippen LogP contribution in [0.25, 0.3) is 6.08 Å². The Kier molecular flexibility index (Phi) is 6.53. The van der Waals surface area contributed by atoms with Gasteiger partial charge < -0.3 is 18.8 Å². The third kappa shape index (κ3) is 5.03. The zero-order chi connectivity index (χ0) is 18.4. The highest BCUT2D eigenvalue weighted by Gasteiger charge is 2.12. The minimum Gasteiger partial charge on any atom is -0.491 e. The van der Waals surface area contributed by atoms with Crippen LogP contribution in [-0.2, 0) is 11.3 Å². The smallest absolute Gasteiger partial charge is 0.246 e. The maximum atomic E-state index is 12.3. The van der Waals surface area contributed by atoms with Crippen LogP contribution in [0.2, 0.25) is 5.02 Å². The number of halogens is 1. The fourth-order valence-corrected chi connectivity index (χ4v) is 2.62. The highest BCUT2D eigenvalue weighted by Crippen LogP contribution is 2.36. The molecule has 0 spiro atoms. The summed E-state index contributed by atoms with van der Waals surface area (Å²) in [5.74, 6) is 2.45. The van der Waals surface area contributed by atoms with Crippen LogP contribution in [0.5, 0.6) is 11.5 Å². The second kappa shape index (κ2) is 8.62. The van der Waals surface area contributed by atoms with Crippen molar-refractivity contribution in [3.8, 4) is 11.5 Å². The minimum atomic E-state index is -0.140. The summed E-state index contributed by atoms with van der Waals surface area (Å²) in [4.78, 5) is 13.8. The normalized spacial score (nSPS) is 10.9. The third-order valence-electron chi connectivity index (χ3n) is 3.52. The summed E-state index contributed by atoms with van der Waals surface area (Å²) in [5, 5.41) is 0.431. The molecule has 1 heterocycles. The molecule has 0 fully saturated rings. The number of hydrogen-bond acceptors (Lipinski definition) is 4. The standard InChI is InChI=1S/C19H22ClNO4/c1-5-24-17-11-14(10-16(20)19(17)23-4)7-9-18(22)21(3)12-15-8-6-13(2)25-15/h6-11H,5,12H2,1-4H3/b9-7+. The summed E-state index contributed by atoms with van der Waals surface area (Å²) in [7, 11) is 3.26. The molecule has 0 unspecified atom stereocenters. The topological polar surface area (TPSA) is 51.9 Å². The second-order valence-corrected chi connectivity index (χ2v) is 5.91. The van der Waals surface area contributed by atoms with Crippen molar-refractivity contribution >= 4 is 23.6 Å². The molecule has 0 saturated heterocycles. The summed E-state index contributed by atoms with van der Waals surface area (Å²) in [6.07, 6.45) is 3.18. The molecule has 0 bridgehead atoms. The number of furan rings is 1. The Morgan fingerprint density at radius 2 is 2.12 bits per heavy atom. The Balaban J connectivity index is 2.10. The molecule has 0 N–H and O–H groups in total. The number of carbonyl (C=O) groups is 1. The summed E-state index contributed by atoms with van der Waals surface area (Å²) in [6.45, 7) is 4.65. The first-order valence-electron chi connectivity index (χ1n) is 7.93. The molecular weight excluding hydrogens is 342 g/mol. The maximum Gasteiger partial charge on any atom is 0.246 e. The van der Waals surface area contributed by atoms with Gasteiger partial charge in [-0.25, -0.2) is 0 Å². The van der Waals surface area contributed by atoms with Crippen molar-refractivity contribution in [2.75, 3.05) is 20.8 Å². The monoisotopic (exact) mass is 363 g/mol. The molecule has 0 aliphatic carbocycles. The first kappa shape index (κ1) is 18.9. The molecule has 2 rings (SSSR count). The summed E-state index contributed by atoms with van der Waals surface area (Å²) >= 11 is 6.21. The van der Waals surface area contributed by atoms with E-state index < -0.39 is 0 Å². The van der Waals surface area contributed by atoms with Crippen LogP contribution in [0, 0.1) is 6.92 Å². The van der Waals surface area contributed by atoms with Crippen LogP contribution >= 0.6 is 11.6 Å². The summed E-state index contributed by atoms with van der Waals surface area (Å²) < 4.78 is 16.3. The highest BCUT2D eigenvalue weighted by molar-refractivity contribution is 6.32. The zero-order valence-electron chi connectivity index (χ0n) is 14.8. The average Bonchev–Trinajstić information content (AvgIpc) is 2.97. The molecule has 134 valence electrons. The summed E-state index contributed by atoms with van der Waals surface area (Å²) in [6, 6.07) is 7.25. The third-order valence-corrected chi connectivity index (χ3v) is 3.80. The number of rotatable bonds is 7. The van der Waals surface area contributed by atoms with Gasteiger partial charge in [0, 0.05) is 13.1 Å². The number of carbonyl (C=O) groups excluding carboxylic acids is 1. The van der Waals surface area contributed by atoms with E-state index in [2.05, 4.69) is 0 Å². The van der Waals surface area contributed by atoms with E-state index in [-0.39, 0.29) is 5.91 Å². The van der Waals surface area contributed by atoms with E-state index in [4.69, 9.17) is 25.5 Å². The first-order valence-corrected chi connectivity index (χ1v) is 8.31. The maximum absolute atomic E-state index is 12.3. The number of amides is 1. The van der Waals surface area contributed by atoms with Crippen molar-refractivity contribution < 1.29 is 18.7 Å². The molecule has 2 aromatic rings. The largest absolute Gasteiger partial charge is 0.491 e. The lowest BCUT2D eigenvalue weighted by Crippen LogP contribution is -2.23. The number of aryl methyl sites for hydroxylation is 1. The van der Waals surface area contributed by atoms with Gasteiger partial charge in [0.2, 0.25) is 5.91 Å². The van der Waals surface area contributed by atoms with Gasteiger partial charge in [0.1, 0.15) is 11.5 Å². The van der Waals surface area contributed by atoms with Crippen molar-refractivity contribution in [1.82, 2.24) is 4.90 Å². The van der Waals surface area contributed by atoms with Gasteiger partial charge in [-0.2, -0.15) is 0 Å². The van der Waals surface area contributed by atoms with Crippen LogP contribution in [0.4, 0.5) is 0 Å². The lowest BCUT2D eigenvalue weighted by Gasteiger charge is -2.13. The van der Waals surface area contributed by atoms with Crippen LogP contribution in [0.1, 0.15) is 24.0 Å². The molecule has 1 aromatic heterocycles. The fourth-order valence-electron chi connectivity index (χ4n) is 2.32. The number of likely N-dealkylation sites (N-methyl/N-ethyl adjacent to an activating group) is 1. The molecule has 5 nitrogen and oxygen atoms in total. The molecule has 1 amide bonds. The van der Waals surface area contributed by atoms with Crippen LogP contribution in [0.3, 0.4) is 0 Å². The van der Waals surface area contributed by atoms with Gasteiger partial charge in [0.05, 0.1) is 25.3 Å². The summed E-state index contributed by atoms with van der Waals surface area (Å²) in [5.41, 5.74) is 0.754. The molecule has 0 aliphatic heterocycles. The van der Waals surface area contributed by atoms with Gasteiger partial charge in [-0.15, -0.1) is 0 Å².